The van der Waals surface area contributed by atoms with Gasteiger partial charge in [-0.05, 0) is 42.5 Å². The number of carbonyl (C=O) groups is 2. The lowest BCUT2D eigenvalue weighted by Gasteiger charge is -2.18. The fourth-order valence-electron chi connectivity index (χ4n) is 2.75. The largest absolute Gasteiger partial charge is 0.375 e. The first-order valence-electron chi connectivity index (χ1n) is 9.38. The number of carbonyl (C=O) groups excluding carboxylic acids is 2. The molecule has 0 atom stereocenters. The van der Waals surface area contributed by atoms with Crippen molar-refractivity contribution >= 4 is 50.5 Å². The van der Waals surface area contributed by atoms with E-state index in [0.717, 1.165) is 0 Å². The number of hydrogen-bond acceptors (Lipinski definition) is 5. The van der Waals surface area contributed by atoms with Crippen molar-refractivity contribution in [1.82, 2.24) is 4.31 Å². The van der Waals surface area contributed by atoms with Crippen LogP contribution in [0.2, 0.25) is 5.02 Å². The van der Waals surface area contributed by atoms with Crippen molar-refractivity contribution in [2.45, 2.75) is 25.7 Å². The summed E-state index contributed by atoms with van der Waals surface area (Å²) in [5.41, 5.74) is 1.52. The maximum Gasteiger partial charge on any atom is 0.243 e. The molecular weight excluding hydrogens is 428 g/mol. The summed E-state index contributed by atoms with van der Waals surface area (Å²) >= 11 is 6.12. The lowest BCUT2D eigenvalue weighted by molar-refractivity contribution is -0.115. The Balaban J connectivity index is 2.00. The summed E-state index contributed by atoms with van der Waals surface area (Å²) in [5.74, 6) is -0.553. The topological polar surface area (TPSA) is 108 Å². The quantitative estimate of drug-likeness (QED) is 0.540. The van der Waals surface area contributed by atoms with E-state index < -0.39 is 10.0 Å². The van der Waals surface area contributed by atoms with Crippen LogP contribution in [-0.4, -0.2) is 44.2 Å². The minimum atomic E-state index is -3.55. The standard InChI is InChI=1S/C20H25ClN4O4S/c1-4-25(5-2)30(28,29)17-9-6-15(7-10-17)24-20(27)13-22-19-12-16(23-14(3)26)8-11-18(19)21/h6-12,22H,4-5,13H2,1-3H3,(H,23,26)(H,24,27). The zero-order chi connectivity index (χ0) is 22.3. The summed E-state index contributed by atoms with van der Waals surface area (Å²) in [5, 5.41) is 8.65. The van der Waals surface area contributed by atoms with Gasteiger partial charge in [-0.2, -0.15) is 4.31 Å². The molecule has 0 saturated heterocycles. The summed E-state index contributed by atoms with van der Waals surface area (Å²) < 4.78 is 26.4. The molecule has 162 valence electrons. The van der Waals surface area contributed by atoms with E-state index in [1.54, 1.807) is 44.2 Å². The van der Waals surface area contributed by atoms with Crippen molar-refractivity contribution in [2.24, 2.45) is 0 Å². The predicted octanol–water partition coefficient (Wildman–Crippen LogP) is 3.38. The van der Waals surface area contributed by atoms with Crippen LogP contribution in [0.25, 0.3) is 0 Å². The van der Waals surface area contributed by atoms with Gasteiger partial charge in [0.15, 0.2) is 0 Å². The van der Waals surface area contributed by atoms with E-state index in [1.807, 2.05) is 0 Å². The molecule has 2 rings (SSSR count). The lowest BCUT2D eigenvalue weighted by atomic mass is 10.2. The molecule has 2 amide bonds. The maximum atomic E-state index is 12.5. The molecule has 2 aromatic carbocycles. The Morgan fingerprint density at radius 1 is 0.967 bits per heavy atom. The fraction of sp³-hybridized carbons (Fsp3) is 0.300. The van der Waals surface area contributed by atoms with Gasteiger partial charge in [-0.3, -0.25) is 9.59 Å². The molecule has 30 heavy (non-hydrogen) atoms. The lowest BCUT2D eigenvalue weighted by Crippen LogP contribution is -2.30. The molecule has 0 aliphatic carbocycles. The summed E-state index contributed by atoms with van der Waals surface area (Å²) in [4.78, 5) is 23.6. The Kier molecular flexibility index (Phi) is 8.22. The molecule has 10 heteroatoms. The Labute approximate surface area is 181 Å². The van der Waals surface area contributed by atoms with Crippen LogP contribution in [0.15, 0.2) is 47.4 Å². The predicted molar refractivity (Wildman–Crippen MR) is 119 cm³/mol. The molecule has 0 aliphatic heterocycles. The molecule has 0 aromatic heterocycles. The number of nitrogens with one attached hydrogen (secondary N) is 3. The van der Waals surface area contributed by atoms with Gasteiger partial charge in [-0.15, -0.1) is 0 Å². The summed E-state index contributed by atoms with van der Waals surface area (Å²) in [6.07, 6.45) is 0. The van der Waals surface area contributed by atoms with Crippen LogP contribution in [0, 0.1) is 0 Å². The number of sulfonamides is 1. The molecule has 0 saturated carbocycles. The normalized spacial score (nSPS) is 11.2. The maximum absolute atomic E-state index is 12.5. The first-order chi connectivity index (χ1) is 14.2. The molecule has 0 unspecified atom stereocenters. The van der Waals surface area contributed by atoms with Crippen LogP contribution in [0.3, 0.4) is 0 Å². The van der Waals surface area contributed by atoms with Crippen molar-refractivity contribution in [3.63, 3.8) is 0 Å². The van der Waals surface area contributed by atoms with Crippen molar-refractivity contribution < 1.29 is 18.0 Å². The SMILES string of the molecule is CCN(CC)S(=O)(=O)c1ccc(NC(=O)CNc2cc(NC(C)=O)ccc2Cl)cc1. The Bertz CT molecular complexity index is 1010. The monoisotopic (exact) mass is 452 g/mol. The van der Waals surface area contributed by atoms with Gasteiger partial charge in [0, 0.05) is 31.4 Å². The minimum absolute atomic E-state index is 0.0667. The summed E-state index contributed by atoms with van der Waals surface area (Å²) in [6, 6.07) is 10.9. The van der Waals surface area contributed by atoms with Gasteiger partial charge in [0.1, 0.15) is 0 Å². The molecule has 8 nitrogen and oxygen atoms in total. The number of anilines is 3. The van der Waals surface area contributed by atoms with Gasteiger partial charge in [0.2, 0.25) is 21.8 Å². The van der Waals surface area contributed by atoms with E-state index in [2.05, 4.69) is 16.0 Å². The van der Waals surface area contributed by atoms with Crippen molar-refractivity contribution in [3.05, 3.63) is 47.5 Å². The second kappa shape index (κ2) is 10.4. The number of amides is 2. The van der Waals surface area contributed by atoms with E-state index >= 15 is 0 Å². The Morgan fingerprint density at radius 3 is 2.13 bits per heavy atom. The number of benzene rings is 2. The fourth-order valence-corrected chi connectivity index (χ4v) is 4.39. The number of halogens is 1. The second-order valence-corrected chi connectivity index (χ2v) is 8.74. The highest BCUT2D eigenvalue weighted by Gasteiger charge is 2.21. The van der Waals surface area contributed by atoms with Gasteiger partial charge in [-0.25, -0.2) is 8.42 Å². The zero-order valence-corrected chi connectivity index (χ0v) is 18.6. The highest BCUT2D eigenvalue weighted by Crippen LogP contribution is 2.25. The molecule has 3 N–H and O–H groups in total. The molecule has 0 bridgehead atoms. The first-order valence-corrected chi connectivity index (χ1v) is 11.2. The number of hydrogen-bond donors (Lipinski definition) is 3. The van der Waals surface area contributed by atoms with Crippen LogP contribution in [0.4, 0.5) is 17.1 Å². The molecule has 0 aliphatic rings. The molecule has 0 spiro atoms. The molecule has 0 fully saturated rings. The van der Waals surface area contributed by atoms with Gasteiger partial charge in [-0.1, -0.05) is 25.4 Å². The van der Waals surface area contributed by atoms with Gasteiger partial charge < -0.3 is 16.0 Å². The van der Waals surface area contributed by atoms with E-state index in [1.165, 1.54) is 23.4 Å². The van der Waals surface area contributed by atoms with E-state index in [0.29, 0.717) is 35.2 Å². The smallest absolute Gasteiger partial charge is 0.243 e. The highest BCUT2D eigenvalue weighted by molar-refractivity contribution is 7.89. The highest BCUT2D eigenvalue weighted by atomic mass is 35.5. The molecule has 2 aromatic rings. The van der Waals surface area contributed by atoms with Crippen LogP contribution >= 0.6 is 11.6 Å². The Hall–Kier alpha value is -2.62. The first kappa shape index (κ1) is 23.7. The number of nitrogens with zero attached hydrogens (tertiary/aromatic N) is 1. The van der Waals surface area contributed by atoms with Gasteiger partial charge in [0.05, 0.1) is 22.2 Å². The van der Waals surface area contributed by atoms with E-state index in [4.69, 9.17) is 11.6 Å². The van der Waals surface area contributed by atoms with Crippen molar-refractivity contribution in [3.8, 4) is 0 Å². The van der Waals surface area contributed by atoms with Gasteiger partial charge >= 0.3 is 0 Å². The van der Waals surface area contributed by atoms with Crippen LogP contribution in [0.5, 0.6) is 0 Å². The van der Waals surface area contributed by atoms with Crippen molar-refractivity contribution in [2.75, 3.05) is 35.6 Å². The minimum Gasteiger partial charge on any atom is -0.375 e. The van der Waals surface area contributed by atoms with Crippen LogP contribution < -0.4 is 16.0 Å². The number of rotatable bonds is 9. The van der Waals surface area contributed by atoms with Crippen LogP contribution in [0.1, 0.15) is 20.8 Å². The third-order valence-corrected chi connectivity index (χ3v) is 6.60. The van der Waals surface area contributed by atoms with E-state index in [9.17, 15) is 18.0 Å². The molecular formula is C20H25ClN4O4S. The van der Waals surface area contributed by atoms with E-state index in [-0.39, 0.29) is 23.3 Å². The Morgan fingerprint density at radius 2 is 1.57 bits per heavy atom. The average Bonchev–Trinajstić information content (AvgIpc) is 2.69. The third kappa shape index (κ3) is 6.19. The average molecular weight is 453 g/mol. The summed E-state index contributed by atoms with van der Waals surface area (Å²) in [6.45, 7) is 5.65. The molecule has 0 heterocycles. The zero-order valence-electron chi connectivity index (χ0n) is 17.0. The van der Waals surface area contributed by atoms with Crippen molar-refractivity contribution in [1.29, 1.82) is 0 Å². The van der Waals surface area contributed by atoms with Crippen LogP contribution in [-0.2, 0) is 19.6 Å². The summed E-state index contributed by atoms with van der Waals surface area (Å²) in [7, 11) is -3.55. The van der Waals surface area contributed by atoms with Gasteiger partial charge in [0.25, 0.3) is 0 Å². The third-order valence-electron chi connectivity index (χ3n) is 4.21. The molecule has 0 radical (unpaired) electrons. The second-order valence-electron chi connectivity index (χ2n) is 6.39.